The van der Waals surface area contributed by atoms with Crippen LogP contribution in [0.3, 0.4) is 0 Å². The lowest BCUT2D eigenvalue weighted by atomic mass is 10.0. The summed E-state index contributed by atoms with van der Waals surface area (Å²) in [5.41, 5.74) is 3.26. The monoisotopic (exact) mass is 595 g/mol. The zero-order valence-corrected chi connectivity index (χ0v) is 24.9. The summed E-state index contributed by atoms with van der Waals surface area (Å²) in [6, 6.07) is 20.7. The van der Waals surface area contributed by atoms with E-state index in [1.807, 2.05) is 48.5 Å². The number of hydrogen-bond acceptors (Lipinski definition) is 8. The molecule has 1 unspecified atom stereocenters. The Hall–Kier alpha value is -3.08. The summed E-state index contributed by atoms with van der Waals surface area (Å²) in [5, 5.41) is 23.6. The number of ether oxygens (including phenoxy) is 3. The fraction of sp³-hybridized carbons (Fsp3) is 0.424. The zero-order valence-electron chi connectivity index (χ0n) is 24.1. The van der Waals surface area contributed by atoms with Gasteiger partial charge in [0.05, 0.1) is 36.7 Å². The van der Waals surface area contributed by atoms with Crippen LogP contribution in [0.15, 0.2) is 71.6 Å². The van der Waals surface area contributed by atoms with Gasteiger partial charge in [0.15, 0.2) is 0 Å². The number of carbonyl (C=O) groups is 1. The van der Waals surface area contributed by atoms with Crippen molar-refractivity contribution in [3.8, 4) is 11.5 Å². The van der Waals surface area contributed by atoms with E-state index in [9.17, 15) is 19.2 Å². The molecular weight excluding hydrogens is 554 g/mol. The summed E-state index contributed by atoms with van der Waals surface area (Å²) in [7, 11) is -0.937. The molecule has 8 nitrogen and oxygen atoms in total. The van der Waals surface area contributed by atoms with E-state index in [0.29, 0.717) is 49.8 Å². The van der Waals surface area contributed by atoms with Gasteiger partial charge in [0.1, 0.15) is 18.1 Å². The molecule has 0 amide bonds. The lowest BCUT2D eigenvalue weighted by Crippen LogP contribution is -2.24. The fourth-order valence-electron chi connectivity index (χ4n) is 4.99. The van der Waals surface area contributed by atoms with Crippen molar-refractivity contribution in [3.63, 3.8) is 0 Å². The van der Waals surface area contributed by atoms with Crippen LogP contribution in [0.4, 0.5) is 0 Å². The molecule has 0 bridgehead atoms. The lowest BCUT2D eigenvalue weighted by Gasteiger charge is -2.15. The Balaban J connectivity index is 1.11. The van der Waals surface area contributed by atoms with Gasteiger partial charge in [0, 0.05) is 29.2 Å². The first-order valence-electron chi connectivity index (χ1n) is 14.5. The normalized spacial score (nSPS) is 14.9. The van der Waals surface area contributed by atoms with Crippen LogP contribution in [-0.2, 0) is 40.0 Å². The second-order valence-corrected chi connectivity index (χ2v) is 12.2. The predicted molar refractivity (Wildman–Crippen MR) is 162 cm³/mol. The van der Waals surface area contributed by atoms with Crippen molar-refractivity contribution in [2.75, 3.05) is 26.3 Å². The number of aliphatic hydroxyl groups excluding tert-OH is 2. The summed E-state index contributed by atoms with van der Waals surface area (Å²) in [5.74, 6) is 0.608. The van der Waals surface area contributed by atoms with Crippen molar-refractivity contribution >= 4 is 16.8 Å². The Kier molecular flexibility index (Phi) is 12.5. The minimum atomic E-state index is -0.937. The van der Waals surface area contributed by atoms with E-state index in [-0.39, 0.29) is 11.9 Å². The third-order valence-electron chi connectivity index (χ3n) is 7.25. The molecule has 1 aliphatic carbocycles. The van der Waals surface area contributed by atoms with Gasteiger partial charge in [-0.15, -0.1) is 0 Å². The topological polar surface area (TPSA) is 114 Å². The highest BCUT2D eigenvalue weighted by Gasteiger charge is 2.22. The molecule has 1 aliphatic rings. The van der Waals surface area contributed by atoms with Gasteiger partial charge in [0.2, 0.25) is 0 Å². The Morgan fingerprint density at radius 3 is 2.55 bits per heavy atom. The minimum Gasteiger partial charge on any atom is -0.491 e. The third-order valence-corrected chi connectivity index (χ3v) is 9.04. The van der Waals surface area contributed by atoms with Crippen LogP contribution in [0.5, 0.6) is 11.5 Å². The van der Waals surface area contributed by atoms with Crippen molar-refractivity contribution in [2.45, 2.75) is 68.5 Å². The predicted octanol–water partition coefficient (Wildman–Crippen LogP) is 4.62. The van der Waals surface area contributed by atoms with Crippen LogP contribution in [0.25, 0.3) is 0 Å². The number of aliphatic hydroxyl groups is 2. The molecule has 0 aliphatic heterocycles. The maximum atomic E-state index is 12.8. The molecule has 9 heteroatoms. The molecule has 0 heterocycles. The van der Waals surface area contributed by atoms with Gasteiger partial charge in [-0.2, -0.15) is 0 Å². The summed E-state index contributed by atoms with van der Waals surface area (Å²) in [6.45, 7) is 3.39. The SMILES string of the molecule is CC(=O)Oc1ccc([C@@H](O)CNCCc2ccc(OCCOCc3cccc(S(=O)C4CCCC4)c3)cc2)cc1CO. The number of nitrogens with one attached hydrogen (secondary N) is 1. The van der Waals surface area contributed by atoms with Crippen LogP contribution in [-0.4, -0.2) is 51.9 Å². The highest BCUT2D eigenvalue weighted by Crippen LogP contribution is 2.27. The highest BCUT2D eigenvalue weighted by molar-refractivity contribution is 7.85. The van der Waals surface area contributed by atoms with Crippen LogP contribution in [0.1, 0.15) is 61.0 Å². The number of carbonyl (C=O) groups excluding carboxylic acids is 1. The maximum absolute atomic E-state index is 12.8. The van der Waals surface area contributed by atoms with Crippen LogP contribution >= 0.6 is 0 Å². The molecule has 3 aromatic rings. The van der Waals surface area contributed by atoms with Crippen LogP contribution in [0, 0.1) is 0 Å². The van der Waals surface area contributed by atoms with Gasteiger partial charge >= 0.3 is 5.97 Å². The van der Waals surface area contributed by atoms with E-state index in [0.717, 1.165) is 41.0 Å². The number of esters is 1. The average molecular weight is 596 g/mol. The largest absolute Gasteiger partial charge is 0.491 e. The Morgan fingerprint density at radius 1 is 1.02 bits per heavy atom. The molecule has 0 radical (unpaired) electrons. The number of hydrogen-bond donors (Lipinski definition) is 3. The maximum Gasteiger partial charge on any atom is 0.308 e. The summed E-state index contributed by atoms with van der Waals surface area (Å²) < 4.78 is 29.5. The van der Waals surface area contributed by atoms with Gasteiger partial charge in [-0.25, -0.2) is 0 Å². The second-order valence-electron chi connectivity index (χ2n) is 10.5. The molecule has 42 heavy (non-hydrogen) atoms. The van der Waals surface area contributed by atoms with Crippen molar-refractivity contribution in [2.24, 2.45) is 0 Å². The Morgan fingerprint density at radius 2 is 1.81 bits per heavy atom. The van der Waals surface area contributed by atoms with Crippen molar-refractivity contribution in [1.29, 1.82) is 0 Å². The van der Waals surface area contributed by atoms with E-state index in [4.69, 9.17) is 14.2 Å². The first kappa shape index (κ1) is 31.8. The first-order valence-corrected chi connectivity index (χ1v) is 15.7. The van der Waals surface area contributed by atoms with Crippen molar-refractivity contribution in [3.05, 3.63) is 89.0 Å². The lowest BCUT2D eigenvalue weighted by molar-refractivity contribution is -0.131. The van der Waals surface area contributed by atoms with Gasteiger partial charge in [-0.3, -0.25) is 9.00 Å². The summed E-state index contributed by atoms with van der Waals surface area (Å²) >= 11 is 0. The second kappa shape index (κ2) is 16.5. The van der Waals surface area contributed by atoms with E-state index >= 15 is 0 Å². The smallest absolute Gasteiger partial charge is 0.308 e. The van der Waals surface area contributed by atoms with E-state index in [1.165, 1.54) is 19.8 Å². The molecule has 3 N–H and O–H groups in total. The average Bonchev–Trinajstić information content (AvgIpc) is 3.55. The molecule has 0 saturated heterocycles. The highest BCUT2D eigenvalue weighted by atomic mass is 32.2. The molecule has 4 rings (SSSR count). The number of benzene rings is 3. The summed E-state index contributed by atoms with van der Waals surface area (Å²) in [4.78, 5) is 12.1. The van der Waals surface area contributed by atoms with Gasteiger partial charge in [-0.1, -0.05) is 43.2 Å². The van der Waals surface area contributed by atoms with Gasteiger partial charge in [0.25, 0.3) is 0 Å². The molecule has 0 spiro atoms. The van der Waals surface area contributed by atoms with E-state index in [1.54, 1.807) is 18.2 Å². The minimum absolute atomic E-state index is 0.289. The fourth-order valence-corrected chi connectivity index (χ4v) is 6.62. The number of rotatable bonds is 16. The van der Waals surface area contributed by atoms with Gasteiger partial charge < -0.3 is 29.7 Å². The van der Waals surface area contributed by atoms with Crippen molar-refractivity contribution < 1.29 is 33.4 Å². The first-order chi connectivity index (χ1) is 20.4. The third kappa shape index (κ3) is 9.74. The Labute approximate surface area is 250 Å². The summed E-state index contributed by atoms with van der Waals surface area (Å²) in [6.07, 6.45) is 4.49. The molecule has 0 aromatic heterocycles. The molecular formula is C33H41NO7S. The van der Waals surface area contributed by atoms with Gasteiger partial charge in [-0.05, 0) is 78.9 Å². The van der Waals surface area contributed by atoms with E-state index in [2.05, 4.69) is 5.32 Å². The van der Waals surface area contributed by atoms with E-state index < -0.39 is 22.9 Å². The quantitative estimate of drug-likeness (QED) is 0.125. The molecule has 1 saturated carbocycles. The molecule has 226 valence electrons. The van der Waals surface area contributed by atoms with Crippen LogP contribution < -0.4 is 14.8 Å². The molecule has 2 atom stereocenters. The molecule has 3 aromatic carbocycles. The van der Waals surface area contributed by atoms with Crippen LogP contribution in [0.2, 0.25) is 0 Å². The molecule has 1 fully saturated rings. The van der Waals surface area contributed by atoms with Crippen molar-refractivity contribution in [1.82, 2.24) is 5.32 Å². The standard InChI is InChI=1S/C33H41NO7S/c1-24(36)41-33-14-11-27(20-28(33)22-35)32(37)21-34-16-15-25-9-12-29(13-10-25)40-18-17-39-23-26-5-4-8-31(19-26)42(38)30-6-2-3-7-30/h4-5,8-14,19-20,30,32,34-35,37H,2-3,6-7,15-18,21-23H2,1H3/t32-,42?/m0/s1. The zero-order chi connectivity index (χ0) is 29.7. The Bertz CT molecular complexity index is 1310.